The molecule has 0 fully saturated rings. The third-order valence-corrected chi connectivity index (χ3v) is 5.28. The summed E-state index contributed by atoms with van der Waals surface area (Å²) in [6, 6.07) is 3.62. The van der Waals surface area contributed by atoms with Crippen LogP contribution in [0.1, 0.15) is 37.1 Å². The molecule has 124 valence electrons. The Morgan fingerprint density at radius 2 is 2.17 bits per heavy atom. The predicted octanol–water partition coefficient (Wildman–Crippen LogP) is 4.99. The number of nitrogens with zero attached hydrogens (tertiary/aromatic N) is 1. The summed E-state index contributed by atoms with van der Waals surface area (Å²) >= 11 is 7.77. The molecule has 0 radical (unpaired) electrons. The van der Waals surface area contributed by atoms with Gasteiger partial charge in [-0.15, -0.1) is 22.9 Å². The topological polar surface area (TPSA) is 49.8 Å². The van der Waals surface area contributed by atoms with Crippen molar-refractivity contribution in [3.8, 4) is 5.75 Å². The number of halogens is 1. The highest BCUT2D eigenvalue weighted by Gasteiger charge is 2.37. The number of carbonyl (C=O) groups is 1. The minimum Gasteiger partial charge on any atom is -0.507 e. The van der Waals surface area contributed by atoms with Crippen molar-refractivity contribution in [3.05, 3.63) is 22.6 Å². The number of thiophene rings is 1. The van der Waals surface area contributed by atoms with Crippen LogP contribution in [0.4, 0.5) is 10.5 Å². The maximum atomic E-state index is 12.5. The summed E-state index contributed by atoms with van der Waals surface area (Å²) in [5.74, 6) is 0.649. The average Bonchev–Trinajstić information content (AvgIpc) is 2.97. The van der Waals surface area contributed by atoms with Gasteiger partial charge in [-0.1, -0.05) is 0 Å². The Labute approximate surface area is 144 Å². The first-order chi connectivity index (χ1) is 10.7. The van der Waals surface area contributed by atoms with Crippen LogP contribution in [0.3, 0.4) is 0 Å². The van der Waals surface area contributed by atoms with Gasteiger partial charge in [-0.25, -0.2) is 4.79 Å². The lowest BCUT2D eigenvalue weighted by Gasteiger charge is -2.25. The summed E-state index contributed by atoms with van der Waals surface area (Å²) in [5, 5.41) is 11.2. The van der Waals surface area contributed by atoms with Crippen molar-refractivity contribution in [3.63, 3.8) is 0 Å². The van der Waals surface area contributed by atoms with E-state index in [9.17, 15) is 9.90 Å². The first kappa shape index (κ1) is 16.4. The van der Waals surface area contributed by atoms with E-state index in [4.69, 9.17) is 16.3 Å². The molecule has 6 heteroatoms. The second kappa shape index (κ2) is 5.56. The second-order valence-corrected chi connectivity index (χ2v) is 8.44. The fourth-order valence-electron chi connectivity index (χ4n) is 2.95. The fraction of sp³-hybridized carbons (Fsp3) is 0.471. The molecule has 1 amide bonds. The number of benzene rings is 1. The summed E-state index contributed by atoms with van der Waals surface area (Å²) in [6.45, 7) is 7.99. The lowest BCUT2D eigenvalue weighted by atomic mass is 10.0. The third-order valence-electron chi connectivity index (χ3n) is 3.83. The minimum atomic E-state index is -0.567. The number of alkyl halides is 1. The first-order valence-electron chi connectivity index (χ1n) is 7.53. The maximum absolute atomic E-state index is 12.5. The van der Waals surface area contributed by atoms with E-state index in [1.807, 2.05) is 33.8 Å². The van der Waals surface area contributed by atoms with Gasteiger partial charge in [-0.3, -0.25) is 4.90 Å². The van der Waals surface area contributed by atoms with Gasteiger partial charge < -0.3 is 9.84 Å². The molecule has 1 N–H and O–H groups in total. The van der Waals surface area contributed by atoms with Crippen LogP contribution in [0, 0.1) is 6.92 Å². The zero-order valence-electron chi connectivity index (χ0n) is 13.6. The Kier molecular flexibility index (Phi) is 3.97. The SMILES string of the molecule is Cc1cc2c(O)cc3c(c2s1)[C@@H](CCl)CN3C(=O)OC(C)(C)C. The van der Waals surface area contributed by atoms with E-state index in [2.05, 4.69) is 0 Å². The molecule has 0 unspecified atom stereocenters. The van der Waals surface area contributed by atoms with E-state index in [1.54, 1.807) is 22.3 Å². The number of rotatable bonds is 1. The van der Waals surface area contributed by atoms with Gasteiger partial charge in [0.1, 0.15) is 11.4 Å². The number of aromatic hydroxyl groups is 1. The van der Waals surface area contributed by atoms with Crippen molar-refractivity contribution in [2.45, 2.75) is 39.2 Å². The van der Waals surface area contributed by atoms with E-state index in [0.29, 0.717) is 18.1 Å². The number of anilines is 1. The molecule has 2 heterocycles. The first-order valence-corrected chi connectivity index (χ1v) is 8.89. The molecule has 1 aliphatic heterocycles. The molecule has 0 saturated carbocycles. The predicted molar refractivity (Wildman–Crippen MR) is 95.3 cm³/mol. The standard InChI is InChI=1S/C17H20ClNO3S/c1-9-5-11-13(20)6-12-14(15(11)23-9)10(7-18)8-19(12)16(21)22-17(2,3)4/h5-6,10,20H,7-8H2,1-4H3/t10-/m0/s1. The highest BCUT2D eigenvalue weighted by atomic mass is 35.5. The van der Waals surface area contributed by atoms with Gasteiger partial charge in [0.15, 0.2) is 0 Å². The van der Waals surface area contributed by atoms with Crippen LogP contribution in [0.15, 0.2) is 12.1 Å². The summed E-state index contributed by atoms with van der Waals surface area (Å²) in [7, 11) is 0. The molecule has 0 aliphatic carbocycles. The van der Waals surface area contributed by atoms with Crippen LogP contribution in [0.5, 0.6) is 5.75 Å². The van der Waals surface area contributed by atoms with E-state index in [1.165, 1.54) is 0 Å². The zero-order valence-corrected chi connectivity index (χ0v) is 15.2. The van der Waals surface area contributed by atoms with E-state index >= 15 is 0 Å². The average molecular weight is 354 g/mol. The smallest absolute Gasteiger partial charge is 0.414 e. The molecule has 0 bridgehead atoms. The van der Waals surface area contributed by atoms with Gasteiger partial charge >= 0.3 is 6.09 Å². The van der Waals surface area contributed by atoms with Crippen molar-refractivity contribution < 1.29 is 14.6 Å². The van der Waals surface area contributed by atoms with Crippen molar-refractivity contribution in [2.24, 2.45) is 0 Å². The number of carbonyl (C=O) groups excluding carboxylic acids is 1. The quantitative estimate of drug-likeness (QED) is 0.734. The molecule has 23 heavy (non-hydrogen) atoms. The molecular formula is C17H20ClNO3S. The van der Waals surface area contributed by atoms with Crippen LogP contribution < -0.4 is 4.90 Å². The molecule has 1 aromatic carbocycles. The second-order valence-electron chi connectivity index (χ2n) is 6.87. The summed E-state index contributed by atoms with van der Waals surface area (Å²) in [5.41, 5.74) is 1.18. The monoisotopic (exact) mass is 353 g/mol. The van der Waals surface area contributed by atoms with Crippen LogP contribution >= 0.6 is 22.9 Å². The number of phenolic OH excluding ortho intramolecular Hbond substituents is 1. The van der Waals surface area contributed by atoms with E-state index in [-0.39, 0.29) is 11.7 Å². The van der Waals surface area contributed by atoms with Crippen molar-refractivity contribution in [1.29, 1.82) is 0 Å². The Balaban J connectivity index is 2.12. The number of aryl methyl sites for hydroxylation is 1. The highest BCUT2D eigenvalue weighted by molar-refractivity contribution is 7.19. The normalized spacial score (nSPS) is 17.6. The number of ether oxygens (including phenoxy) is 1. The Hall–Kier alpha value is -1.46. The molecular weight excluding hydrogens is 334 g/mol. The van der Waals surface area contributed by atoms with Gasteiger partial charge in [0.2, 0.25) is 0 Å². The van der Waals surface area contributed by atoms with Gasteiger partial charge in [0, 0.05) is 44.9 Å². The number of amides is 1. The minimum absolute atomic E-state index is 0.0420. The maximum Gasteiger partial charge on any atom is 0.414 e. The molecule has 2 aromatic rings. The van der Waals surface area contributed by atoms with Crippen LogP contribution in [-0.4, -0.2) is 29.2 Å². The number of hydrogen-bond acceptors (Lipinski definition) is 4. The Bertz CT molecular complexity index is 778. The van der Waals surface area contributed by atoms with E-state index in [0.717, 1.165) is 20.5 Å². The molecule has 1 aromatic heterocycles. The molecule has 0 saturated heterocycles. The number of hydrogen-bond donors (Lipinski definition) is 1. The molecule has 1 aliphatic rings. The summed E-state index contributed by atoms with van der Waals surface area (Å²) in [6.07, 6.45) is -0.404. The zero-order chi connectivity index (χ0) is 16.9. The lowest BCUT2D eigenvalue weighted by Crippen LogP contribution is -2.36. The van der Waals surface area contributed by atoms with Gasteiger partial charge in [0.05, 0.1) is 5.69 Å². The lowest BCUT2D eigenvalue weighted by molar-refractivity contribution is 0.0582. The number of fused-ring (bicyclic) bond motifs is 3. The third kappa shape index (κ3) is 2.88. The van der Waals surface area contributed by atoms with Gasteiger partial charge in [-0.05, 0) is 33.8 Å². The van der Waals surface area contributed by atoms with Crippen molar-refractivity contribution >= 4 is 44.8 Å². The summed E-state index contributed by atoms with van der Waals surface area (Å²) < 4.78 is 6.50. The summed E-state index contributed by atoms with van der Waals surface area (Å²) in [4.78, 5) is 15.2. The van der Waals surface area contributed by atoms with Crippen LogP contribution in [0.2, 0.25) is 0 Å². The van der Waals surface area contributed by atoms with Gasteiger partial charge in [0.25, 0.3) is 0 Å². The van der Waals surface area contributed by atoms with Crippen LogP contribution in [-0.2, 0) is 4.74 Å². The van der Waals surface area contributed by atoms with Crippen molar-refractivity contribution in [1.82, 2.24) is 0 Å². The highest BCUT2D eigenvalue weighted by Crippen LogP contribution is 2.48. The van der Waals surface area contributed by atoms with Gasteiger partial charge in [-0.2, -0.15) is 0 Å². The number of phenols is 1. The fourth-order valence-corrected chi connectivity index (χ4v) is 4.35. The molecule has 0 spiro atoms. The molecule has 1 atom stereocenters. The largest absolute Gasteiger partial charge is 0.507 e. The Morgan fingerprint density at radius 3 is 2.78 bits per heavy atom. The molecule has 4 nitrogen and oxygen atoms in total. The Morgan fingerprint density at radius 1 is 1.48 bits per heavy atom. The molecule has 3 rings (SSSR count). The van der Waals surface area contributed by atoms with Crippen LogP contribution in [0.25, 0.3) is 10.1 Å². The van der Waals surface area contributed by atoms with Crippen molar-refractivity contribution in [2.75, 3.05) is 17.3 Å². The van der Waals surface area contributed by atoms with E-state index < -0.39 is 11.7 Å².